The van der Waals surface area contributed by atoms with Crippen LogP contribution >= 0.6 is 10.7 Å². The van der Waals surface area contributed by atoms with Gasteiger partial charge in [0, 0.05) is 10.7 Å². The number of ether oxygens (including phenoxy) is 1. The number of hydrogen-bond acceptors (Lipinski definition) is 4. The van der Waals surface area contributed by atoms with E-state index >= 15 is 0 Å². The summed E-state index contributed by atoms with van der Waals surface area (Å²) in [6.45, 7) is 3.64. The molecule has 7 heteroatoms. The van der Waals surface area contributed by atoms with Crippen molar-refractivity contribution < 1.29 is 22.3 Å². The highest BCUT2D eigenvalue weighted by atomic mass is 35.7. The highest BCUT2D eigenvalue weighted by Crippen LogP contribution is 2.19. The number of carbonyl (C=O) groups is 1. The molecular formula is C12H14ClFO4S. The van der Waals surface area contributed by atoms with Gasteiger partial charge in [0.05, 0.1) is 16.6 Å². The van der Waals surface area contributed by atoms with Crippen LogP contribution in [0.5, 0.6) is 0 Å². The van der Waals surface area contributed by atoms with Crippen LogP contribution < -0.4 is 0 Å². The van der Waals surface area contributed by atoms with E-state index in [1.807, 2.05) is 6.92 Å². The fourth-order valence-corrected chi connectivity index (χ4v) is 2.33. The molecule has 1 aromatic rings. The first kappa shape index (κ1) is 15.9. The molecule has 0 radical (unpaired) electrons. The molecule has 19 heavy (non-hydrogen) atoms. The largest absolute Gasteiger partial charge is 0.459 e. The first-order valence-electron chi connectivity index (χ1n) is 5.70. The predicted octanol–water partition coefficient (Wildman–Crippen LogP) is 3.10. The number of esters is 1. The molecule has 0 aliphatic carbocycles. The maximum atomic E-state index is 13.3. The number of halogens is 2. The zero-order valence-corrected chi connectivity index (χ0v) is 12.1. The van der Waals surface area contributed by atoms with Crippen LogP contribution in [0.3, 0.4) is 0 Å². The maximum Gasteiger partial charge on any atom is 0.338 e. The Balaban J connectivity index is 3.01. The van der Waals surface area contributed by atoms with Gasteiger partial charge in [-0.15, -0.1) is 0 Å². The highest BCUT2D eigenvalue weighted by Gasteiger charge is 2.18. The molecule has 4 nitrogen and oxygen atoms in total. The van der Waals surface area contributed by atoms with Gasteiger partial charge in [0.2, 0.25) is 0 Å². The van der Waals surface area contributed by atoms with Gasteiger partial charge in [-0.2, -0.15) is 0 Å². The Bertz CT molecular complexity index is 571. The van der Waals surface area contributed by atoms with Gasteiger partial charge in [-0.1, -0.05) is 13.3 Å². The van der Waals surface area contributed by atoms with Crippen LogP contribution in [0.15, 0.2) is 23.1 Å². The van der Waals surface area contributed by atoms with Gasteiger partial charge in [0.25, 0.3) is 9.05 Å². The Morgan fingerprint density at radius 1 is 1.42 bits per heavy atom. The Morgan fingerprint density at radius 2 is 2.05 bits per heavy atom. The molecule has 1 rings (SSSR count). The second-order valence-corrected chi connectivity index (χ2v) is 6.68. The van der Waals surface area contributed by atoms with E-state index in [1.54, 1.807) is 6.92 Å². The molecule has 1 aromatic carbocycles. The molecular weight excluding hydrogens is 295 g/mol. The van der Waals surface area contributed by atoms with E-state index < -0.39 is 25.7 Å². The van der Waals surface area contributed by atoms with Gasteiger partial charge in [0.1, 0.15) is 5.82 Å². The molecule has 0 aliphatic rings. The van der Waals surface area contributed by atoms with Crippen LogP contribution in [-0.4, -0.2) is 20.5 Å². The minimum atomic E-state index is -4.10. The topological polar surface area (TPSA) is 60.4 Å². The first-order valence-corrected chi connectivity index (χ1v) is 8.01. The second kappa shape index (κ2) is 6.34. The van der Waals surface area contributed by atoms with E-state index in [4.69, 9.17) is 15.4 Å². The lowest BCUT2D eigenvalue weighted by molar-refractivity contribution is 0.0322. The molecule has 1 unspecified atom stereocenters. The summed E-state index contributed by atoms with van der Waals surface area (Å²) in [5.74, 6) is -1.64. The molecule has 0 heterocycles. The summed E-state index contributed by atoms with van der Waals surface area (Å²) in [7, 11) is 1.02. The van der Waals surface area contributed by atoms with E-state index in [1.165, 1.54) is 0 Å². The van der Waals surface area contributed by atoms with Gasteiger partial charge in [-0.25, -0.2) is 17.6 Å². The second-order valence-electron chi connectivity index (χ2n) is 4.12. The lowest BCUT2D eigenvalue weighted by Crippen LogP contribution is -2.15. The van der Waals surface area contributed by atoms with Gasteiger partial charge in [-0.3, -0.25) is 0 Å². The molecule has 0 aliphatic heterocycles. The fourth-order valence-electron chi connectivity index (χ4n) is 1.54. The van der Waals surface area contributed by atoms with Crippen molar-refractivity contribution in [3.8, 4) is 0 Å². The van der Waals surface area contributed by atoms with Crippen LogP contribution in [0.25, 0.3) is 0 Å². The summed E-state index contributed by atoms with van der Waals surface area (Å²) in [6.07, 6.45) is 1.18. The smallest absolute Gasteiger partial charge is 0.338 e. The minimum Gasteiger partial charge on any atom is -0.459 e. The molecule has 0 fully saturated rings. The Kier molecular flexibility index (Phi) is 5.31. The molecule has 0 aromatic heterocycles. The third-order valence-electron chi connectivity index (χ3n) is 2.39. The van der Waals surface area contributed by atoms with Crippen molar-refractivity contribution in [3.05, 3.63) is 29.6 Å². The Hall–Kier alpha value is -1.14. The third kappa shape index (κ3) is 4.80. The third-order valence-corrected chi connectivity index (χ3v) is 3.73. The molecule has 0 spiro atoms. The highest BCUT2D eigenvalue weighted by molar-refractivity contribution is 8.13. The summed E-state index contributed by atoms with van der Waals surface area (Å²) < 4.78 is 40.6. The predicted molar refractivity (Wildman–Crippen MR) is 69.2 cm³/mol. The maximum absolute atomic E-state index is 13.3. The fraction of sp³-hybridized carbons (Fsp3) is 0.417. The van der Waals surface area contributed by atoms with Crippen LogP contribution in [0.1, 0.15) is 37.0 Å². The van der Waals surface area contributed by atoms with Crippen LogP contribution in [0.2, 0.25) is 0 Å². The number of benzene rings is 1. The molecule has 0 bridgehead atoms. The molecule has 106 valence electrons. The van der Waals surface area contributed by atoms with Crippen molar-refractivity contribution in [1.82, 2.24) is 0 Å². The lowest BCUT2D eigenvalue weighted by atomic mass is 10.2. The van der Waals surface area contributed by atoms with Gasteiger partial charge in [-0.05, 0) is 31.5 Å². The number of hydrogen-bond donors (Lipinski definition) is 0. The van der Waals surface area contributed by atoms with E-state index in [0.717, 1.165) is 24.6 Å². The van der Waals surface area contributed by atoms with Gasteiger partial charge < -0.3 is 4.74 Å². The lowest BCUT2D eigenvalue weighted by Gasteiger charge is -2.12. The first-order chi connectivity index (χ1) is 8.74. The molecule has 0 saturated carbocycles. The minimum absolute atomic E-state index is 0.179. The quantitative estimate of drug-likeness (QED) is 0.619. The number of rotatable bonds is 5. The summed E-state index contributed by atoms with van der Waals surface area (Å²) in [6, 6.07) is 2.65. The summed E-state index contributed by atoms with van der Waals surface area (Å²) in [5, 5.41) is 0. The Morgan fingerprint density at radius 3 is 2.58 bits per heavy atom. The Labute approximate surface area is 115 Å². The van der Waals surface area contributed by atoms with Crippen LogP contribution in [0, 0.1) is 5.82 Å². The van der Waals surface area contributed by atoms with Gasteiger partial charge >= 0.3 is 5.97 Å². The van der Waals surface area contributed by atoms with Crippen molar-refractivity contribution >= 4 is 25.7 Å². The molecule has 1 atom stereocenters. The van der Waals surface area contributed by atoms with Crippen molar-refractivity contribution in [2.24, 2.45) is 0 Å². The van der Waals surface area contributed by atoms with Crippen molar-refractivity contribution in [2.75, 3.05) is 0 Å². The standard InChI is InChI=1S/C12H14ClFO4S/c1-3-4-8(2)18-12(15)9-5-10(14)7-11(6-9)19(13,16)17/h5-8H,3-4H2,1-2H3. The average Bonchev–Trinajstić information content (AvgIpc) is 2.27. The number of carbonyl (C=O) groups excluding carboxylic acids is 1. The summed E-state index contributed by atoms with van der Waals surface area (Å²) >= 11 is 0. The zero-order valence-electron chi connectivity index (χ0n) is 10.5. The van der Waals surface area contributed by atoms with E-state index in [-0.39, 0.29) is 11.7 Å². The molecule has 0 saturated heterocycles. The van der Waals surface area contributed by atoms with E-state index in [9.17, 15) is 17.6 Å². The summed E-state index contributed by atoms with van der Waals surface area (Å²) in [4.78, 5) is 11.3. The van der Waals surface area contributed by atoms with Crippen molar-refractivity contribution in [1.29, 1.82) is 0 Å². The van der Waals surface area contributed by atoms with E-state index in [2.05, 4.69) is 0 Å². The zero-order chi connectivity index (χ0) is 14.6. The van der Waals surface area contributed by atoms with Crippen LogP contribution in [-0.2, 0) is 13.8 Å². The van der Waals surface area contributed by atoms with Crippen molar-refractivity contribution in [3.63, 3.8) is 0 Å². The summed E-state index contributed by atoms with van der Waals surface area (Å²) in [5.41, 5.74) is -0.179. The van der Waals surface area contributed by atoms with Crippen LogP contribution in [0.4, 0.5) is 4.39 Å². The van der Waals surface area contributed by atoms with E-state index in [0.29, 0.717) is 6.42 Å². The SMILES string of the molecule is CCCC(C)OC(=O)c1cc(F)cc(S(=O)(=O)Cl)c1. The van der Waals surface area contributed by atoms with Gasteiger partial charge in [0.15, 0.2) is 0 Å². The average molecular weight is 309 g/mol. The van der Waals surface area contributed by atoms with Crippen molar-refractivity contribution in [2.45, 2.75) is 37.7 Å². The normalized spacial score (nSPS) is 13.1. The molecule has 0 N–H and O–H groups in total. The monoisotopic (exact) mass is 308 g/mol. The molecule has 0 amide bonds.